The second-order valence-electron chi connectivity index (χ2n) is 4.79. The molecule has 0 radical (unpaired) electrons. The molecule has 1 fully saturated rings. The van der Waals surface area contributed by atoms with Gasteiger partial charge in [-0.2, -0.15) is 5.26 Å². The van der Waals surface area contributed by atoms with Gasteiger partial charge in [-0.3, -0.25) is 9.59 Å². The quantitative estimate of drug-likeness (QED) is 0.880. The summed E-state index contributed by atoms with van der Waals surface area (Å²) in [5.41, 5.74) is 1.41. The van der Waals surface area contributed by atoms with Crippen molar-refractivity contribution in [2.75, 3.05) is 7.05 Å². The summed E-state index contributed by atoms with van der Waals surface area (Å²) in [7, 11) is 1.65. The molecule has 1 aromatic carbocycles. The van der Waals surface area contributed by atoms with Crippen molar-refractivity contribution in [3.63, 3.8) is 0 Å². The van der Waals surface area contributed by atoms with E-state index in [4.69, 9.17) is 10.4 Å². The lowest BCUT2D eigenvalue weighted by atomic mass is 10.1. The van der Waals surface area contributed by atoms with Gasteiger partial charge >= 0.3 is 5.97 Å². The predicted molar refractivity (Wildman–Crippen MR) is 66.9 cm³/mol. The summed E-state index contributed by atoms with van der Waals surface area (Å²) >= 11 is 0. The Bertz CT molecular complexity index is 562. The number of carboxylic acids is 1. The van der Waals surface area contributed by atoms with Gasteiger partial charge in [0.05, 0.1) is 23.5 Å². The minimum Gasteiger partial charge on any atom is -0.481 e. The van der Waals surface area contributed by atoms with Gasteiger partial charge in [-0.05, 0) is 24.1 Å². The molecular weight excluding hydrogens is 244 g/mol. The van der Waals surface area contributed by atoms with Crippen LogP contribution in [0.15, 0.2) is 24.3 Å². The Morgan fingerprint density at radius 1 is 1.47 bits per heavy atom. The Hall–Kier alpha value is -2.35. The number of carboxylic acid groups (broad SMARTS) is 1. The van der Waals surface area contributed by atoms with Crippen LogP contribution >= 0.6 is 0 Å². The monoisotopic (exact) mass is 258 g/mol. The first kappa shape index (κ1) is 13.1. The van der Waals surface area contributed by atoms with Crippen molar-refractivity contribution in [3.05, 3.63) is 35.4 Å². The molecular formula is C14H14N2O3. The average molecular weight is 258 g/mol. The summed E-state index contributed by atoms with van der Waals surface area (Å²) in [6.45, 7) is 0.386. The molecule has 2 atom stereocenters. The molecule has 1 saturated carbocycles. The van der Waals surface area contributed by atoms with Gasteiger partial charge in [0.25, 0.3) is 0 Å². The van der Waals surface area contributed by atoms with Crippen molar-refractivity contribution < 1.29 is 14.7 Å². The maximum atomic E-state index is 12.0. The second kappa shape index (κ2) is 5.11. The van der Waals surface area contributed by atoms with Crippen molar-refractivity contribution in [1.29, 1.82) is 5.26 Å². The smallest absolute Gasteiger partial charge is 0.307 e. The number of benzene rings is 1. The van der Waals surface area contributed by atoms with Crippen molar-refractivity contribution in [1.82, 2.24) is 4.90 Å². The van der Waals surface area contributed by atoms with Crippen LogP contribution < -0.4 is 0 Å². The summed E-state index contributed by atoms with van der Waals surface area (Å²) in [5.74, 6) is -1.96. The first-order chi connectivity index (χ1) is 9.02. The molecule has 0 spiro atoms. The number of nitriles is 1. The lowest BCUT2D eigenvalue weighted by Crippen LogP contribution is -2.28. The number of aliphatic carboxylic acids is 1. The molecule has 0 saturated heterocycles. The molecule has 1 aliphatic rings. The maximum absolute atomic E-state index is 12.0. The number of nitrogens with zero attached hydrogens (tertiary/aromatic N) is 2. The third kappa shape index (κ3) is 2.91. The highest BCUT2D eigenvalue weighted by Gasteiger charge is 2.49. The summed E-state index contributed by atoms with van der Waals surface area (Å²) in [6, 6.07) is 9.08. The summed E-state index contributed by atoms with van der Waals surface area (Å²) in [5, 5.41) is 17.6. The van der Waals surface area contributed by atoms with Crippen LogP contribution in [-0.2, 0) is 16.1 Å². The third-order valence-electron chi connectivity index (χ3n) is 3.28. The van der Waals surface area contributed by atoms with Crippen LogP contribution in [0.5, 0.6) is 0 Å². The predicted octanol–water partition coefficient (Wildman–Crippen LogP) is 1.24. The van der Waals surface area contributed by atoms with E-state index in [9.17, 15) is 9.59 Å². The van der Waals surface area contributed by atoms with Crippen LogP contribution in [0.4, 0.5) is 0 Å². The lowest BCUT2D eigenvalue weighted by molar-refractivity contribution is -0.141. The fraction of sp³-hybridized carbons (Fsp3) is 0.357. The topological polar surface area (TPSA) is 81.4 Å². The fourth-order valence-corrected chi connectivity index (χ4v) is 2.11. The van der Waals surface area contributed by atoms with Gasteiger partial charge in [0, 0.05) is 13.6 Å². The van der Waals surface area contributed by atoms with E-state index in [2.05, 4.69) is 0 Å². The molecule has 2 rings (SSSR count). The van der Waals surface area contributed by atoms with E-state index in [1.54, 1.807) is 25.2 Å². The molecule has 1 amide bonds. The Labute approximate surface area is 111 Å². The number of rotatable bonds is 4. The van der Waals surface area contributed by atoms with Gasteiger partial charge in [-0.1, -0.05) is 12.1 Å². The van der Waals surface area contributed by atoms with Crippen molar-refractivity contribution in [2.24, 2.45) is 11.8 Å². The van der Waals surface area contributed by atoms with E-state index < -0.39 is 11.9 Å². The fourth-order valence-electron chi connectivity index (χ4n) is 2.11. The number of hydrogen-bond acceptors (Lipinski definition) is 3. The zero-order chi connectivity index (χ0) is 14.0. The average Bonchev–Trinajstić information content (AvgIpc) is 3.18. The zero-order valence-electron chi connectivity index (χ0n) is 10.5. The molecule has 2 unspecified atom stereocenters. The number of amides is 1. The van der Waals surface area contributed by atoms with Crippen LogP contribution in [0.25, 0.3) is 0 Å². The van der Waals surface area contributed by atoms with Gasteiger partial charge in [0.1, 0.15) is 0 Å². The zero-order valence-corrected chi connectivity index (χ0v) is 10.5. The van der Waals surface area contributed by atoms with Crippen molar-refractivity contribution in [3.8, 4) is 6.07 Å². The summed E-state index contributed by atoms with van der Waals surface area (Å²) < 4.78 is 0. The molecule has 0 aliphatic heterocycles. The molecule has 0 heterocycles. The van der Waals surface area contributed by atoms with E-state index >= 15 is 0 Å². The third-order valence-corrected chi connectivity index (χ3v) is 3.28. The highest BCUT2D eigenvalue weighted by Crippen LogP contribution is 2.40. The van der Waals surface area contributed by atoms with Crippen LogP contribution in [0.2, 0.25) is 0 Å². The molecule has 98 valence electrons. The van der Waals surface area contributed by atoms with Crippen LogP contribution in [-0.4, -0.2) is 28.9 Å². The van der Waals surface area contributed by atoms with Crippen molar-refractivity contribution in [2.45, 2.75) is 13.0 Å². The molecule has 1 N–H and O–H groups in total. The maximum Gasteiger partial charge on any atom is 0.307 e. The summed E-state index contributed by atoms with van der Waals surface area (Å²) in [6.07, 6.45) is 0.427. The lowest BCUT2D eigenvalue weighted by Gasteiger charge is -2.17. The van der Waals surface area contributed by atoms with Crippen LogP contribution in [0.1, 0.15) is 17.5 Å². The Morgan fingerprint density at radius 2 is 2.21 bits per heavy atom. The molecule has 19 heavy (non-hydrogen) atoms. The first-order valence-corrected chi connectivity index (χ1v) is 5.99. The number of carbonyl (C=O) groups is 2. The van der Waals surface area contributed by atoms with E-state index in [0.29, 0.717) is 18.5 Å². The second-order valence-corrected chi connectivity index (χ2v) is 4.79. The number of carbonyl (C=O) groups excluding carboxylic acids is 1. The van der Waals surface area contributed by atoms with E-state index in [0.717, 1.165) is 5.56 Å². The summed E-state index contributed by atoms with van der Waals surface area (Å²) in [4.78, 5) is 24.2. The highest BCUT2D eigenvalue weighted by atomic mass is 16.4. The van der Waals surface area contributed by atoms with E-state index in [1.165, 1.54) is 4.90 Å². The van der Waals surface area contributed by atoms with Gasteiger partial charge in [-0.15, -0.1) is 0 Å². The SMILES string of the molecule is CN(Cc1cccc(C#N)c1)C(=O)C1CC1C(=O)O. The van der Waals surface area contributed by atoms with E-state index in [-0.39, 0.29) is 11.8 Å². The molecule has 5 heteroatoms. The van der Waals surface area contributed by atoms with Crippen molar-refractivity contribution >= 4 is 11.9 Å². The Balaban J connectivity index is 1.98. The number of hydrogen-bond donors (Lipinski definition) is 1. The molecule has 0 bridgehead atoms. The van der Waals surface area contributed by atoms with Crippen LogP contribution in [0, 0.1) is 23.2 Å². The van der Waals surface area contributed by atoms with Gasteiger partial charge < -0.3 is 10.0 Å². The molecule has 1 aliphatic carbocycles. The molecule has 1 aromatic rings. The first-order valence-electron chi connectivity index (χ1n) is 5.99. The molecule has 5 nitrogen and oxygen atoms in total. The Kier molecular flexibility index (Phi) is 3.52. The minimum absolute atomic E-state index is 0.144. The Morgan fingerprint density at radius 3 is 2.79 bits per heavy atom. The van der Waals surface area contributed by atoms with E-state index in [1.807, 2.05) is 12.1 Å². The van der Waals surface area contributed by atoms with Gasteiger partial charge in [0.15, 0.2) is 0 Å². The normalized spacial score (nSPS) is 20.4. The minimum atomic E-state index is -0.904. The largest absolute Gasteiger partial charge is 0.481 e. The standard InChI is InChI=1S/C14H14N2O3/c1-16(13(17)11-6-12(11)14(18)19)8-10-4-2-3-9(5-10)7-15/h2-5,11-12H,6,8H2,1H3,(H,18,19). The van der Waals surface area contributed by atoms with Gasteiger partial charge in [-0.25, -0.2) is 0 Å². The van der Waals surface area contributed by atoms with Crippen LogP contribution in [0.3, 0.4) is 0 Å². The molecule has 0 aromatic heterocycles. The highest BCUT2D eigenvalue weighted by molar-refractivity contribution is 5.89. The van der Waals surface area contributed by atoms with Gasteiger partial charge in [0.2, 0.25) is 5.91 Å².